The van der Waals surface area contributed by atoms with Crippen molar-refractivity contribution < 1.29 is 14.4 Å². The second kappa shape index (κ2) is 6.45. The van der Waals surface area contributed by atoms with Crippen molar-refractivity contribution in [2.24, 2.45) is 11.8 Å². The fourth-order valence-electron chi connectivity index (χ4n) is 3.63. The van der Waals surface area contributed by atoms with Gasteiger partial charge in [-0.25, -0.2) is 4.79 Å². The highest BCUT2D eigenvalue weighted by Gasteiger charge is 2.43. The van der Waals surface area contributed by atoms with Crippen molar-refractivity contribution in [1.29, 1.82) is 0 Å². The lowest BCUT2D eigenvalue weighted by molar-refractivity contribution is -0.140. The molecule has 128 valence electrons. The van der Waals surface area contributed by atoms with E-state index in [2.05, 4.69) is 34.7 Å². The molecule has 8 heteroatoms. The minimum absolute atomic E-state index is 0.115. The molecule has 3 aliphatic rings. The molecule has 3 atom stereocenters. The summed E-state index contributed by atoms with van der Waals surface area (Å²) in [4.78, 5) is 40.3. The van der Waals surface area contributed by atoms with Crippen LogP contribution in [0.1, 0.15) is 20.3 Å². The third kappa shape index (κ3) is 3.32. The molecule has 3 fully saturated rings. The van der Waals surface area contributed by atoms with Crippen LogP contribution in [-0.2, 0) is 9.59 Å². The zero-order valence-electron chi connectivity index (χ0n) is 13.7. The highest BCUT2D eigenvalue weighted by atomic mass is 16.2. The van der Waals surface area contributed by atoms with E-state index < -0.39 is 6.03 Å². The summed E-state index contributed by atoms with van der Waals surface area (Å²) in [6.07, 6.45) is 0.116. The molecule has 0 bridgehead atoms. The third-order valence-electron chi connectivity index (χ3n) is 5.09. The molecule has 0 aromatic rings. The van der Waals surface area contributed by atoms with Crippen LogP contribution in [0, 0.1) is 11.8 Å². The molecule has 0 saturated carbocycles. The Hall–Kier alpha value is -1.67. The molecule has 0 aromatic heterocycles. The number of hydrogen-bond donors (Lipinski definition) is 3. The minimum Gasteiger partial charge on any atom is -0.340 e. The number of carbonyl (C=O) groups excluding carboxylic acids is 3. The average molecular weight is 323 g/mol. The van der Waals surface area contributed by atoms with Gasteiger partial charge in [0.05, 0.1) is 18.0 Å². The maximum absolute atomic E-state index is 12.7. The number of nitrogens with one attached hydrogen (secondary N) is 3. The molecule has 4 amide bonds. The van der Waals surface area contributed by atoms with Gasteiger partial charge in [0.25, 0.3) is 0 Å². The van der Waals surface area contributed by atoms with Crippen LogP contribution in [0.15, 0.2) is 0 Å². The summed E-state index contributed by atoms with van der Waals surface area (Å²) in [6, 6.07) is 0.0252. The molecule has 8 nitrogen and oxygen atoms in total. The SMILES string of the molecule is CC(C)N1CCN(C(=O)C2CNC3NC(=O)NC(=O)C3C2)CC1. The average Bonchev–Trinajstić information content (AvgIpc) is 2.54. The van der Waals surface area contributed by atoms with E-state index in [4.69, 9.17) is 0 Å². The normalized spacial score (nSPS) is 32.3. The molecule has 3 saturated heterocycles. The Morgan fingerprint density at radius 2 is 1.87 bits per heavy atom. The maximum atomic E-state index is 12.7. The summed E-state index contributed by atoms with van der Waals surface area (Å²) in [6.45, 7) is 8.10. The Morgan fingerprint density at radius 3 is 2.52 bits per heavy atom. The van der Waals surface area contributed by atoms with E-state index in [1.54, 1.807) is 0 Å². The molecular formula is C15H25N5O3. The fourth-order valence-corrected chi connectivity index (χ4v) is 3.63. The van der Waals surface area contributed by atoms with Gasteiger partial charge in [0.2, 0.25) is 11.8 Å². The molecule has 0 aliphatic carbocycles. The minimum atomic E-state index is -0.474. The number of piperazine rings is 1. The van der Waals surface area contributed by atoms with Crippen LogP contribution in [0.2, 0.25) is 0 Å². The third-order valence-corrected chi connectivity index (χ3v) is 5.09. The lowest BCUT2D eigenvalue weighted by Gasteiger charge is -2.42. The first-order valence-electron chi connectivity index (χ1n) is 8.33. The Morgan fingerprint density at radius 1 is 1.17 bits per heavy atom. The van der Waals surface area contributed by atoms with Crippen LogP contribution in [0.4, 0.5) is 4.79 Å². The van der Waals surface area contributed by atoms with Crippen LogP contribution >= 0.6 is 0 Å². The molecule has 3 aliphatic heterocycles. The summed E-state index contributed by atoms with van der Waals surface area (Å²) in [7, 11) is 0. The van der Waals surface area contributed by atoms with Crippen molar-refractivity contribution in [3.8, 4) is 0 Å². The van der Waals surface area contributed by atoms with Crippen molar-refractivity contribution in [1.82, 2.24) is 25.8 Å². The van der Waals surface area contributed by atoms with Crippen LogP contribution in [0.25, 0.3) is 0 Å². The highest BCUT2D eigenvalue weighted by Crippen LogP contribution is 2.24. The number of rotatable bonds is 2. The van der Waals surface area contributed by atoms with E-state index in [0.29, 0.717) is 19.0 Å². The molecule has 3 heterocycles. The van der Waals surface area contributed by atoms with Crippen molar-refractivity contribution >= 4 is 17.8 Å². The monoisotopic (exact) mass is 323 g/mol. The molecule has 3 rings (SSSR count). The summed E-state index contributed by atoms with van der Waals surface area (Å²) in [5, 5.41) is 8.10. The lowest BCUT2D eigenvalue weighted by atomic mass is 9.85. The van der Waals surface area contributed by atoms with Gasteiger partial charge in [-0.3, -0.25) is 25.1 Å². The summed E-state index contributed by atoms with van der Waals surface area (Å²) >= 11 is 0. The van der Waals surface area contributed by atoms with E-state index >= 15 is 0 Å². The lowest BCUT2D eigenvalue weighted by Crippen LogP contribution is -2.67. The Kier molecular flexibility index (Phi) is 4.54. The number of piperidine rings is 1. The van der Waals surface area contributed by atoms with Gasteiger partial charge in [0.1, 0.15) is 0 Å². The van der Waals surface area contributed by atoms with Gasteiger partial charge in [-0.15, -0.1) is 0 Å². The molecule has 0 spiro atoms. The largest absolute Gasteiger partial charge is 0.340 e. The van der Waals surface area contributed by atoms with Crippen molar-refractivity contribution in [3.05, 3.63) is 0 Å². The maximum Gasteiger partial charge on any atom is 0.322 e. The van der Waals surface area contributed by atoms with E-state index in [0.717, 1.165) is 26.2 Å². The Labute approximate surface area is 135 Å². The van der Waals surface area contributed by atoms with E-state index in [9.17, 15) is 14.4 Å². The summed E-state index contributed by atoms with van der Waals surface area (Å²) in [5.41, 5.74) is 0. The van der Waals surface area contributed by atoms with Crippen LogP contribution in [-0.4, -0.2) is 72.6 Å². The standard InChI is InChI=1S/C15H25N5O3/c1-9(2)19-3-5-20(6-4-19)14(22)10-7-11-12(16-8-10)17-15(23)18-13(11)21/h9-12,16H,3-8H2,1-2H3,(H2,17,18,21,23). The predicted octanol–water partition coefficient (Wildman–Crippen LogP) is -1.07. The zero-order valence-corrected chi connectivity index (χ0v) is 13.7. The van der Waals surface area contributed by atoms with E-state index in [-0.39, 0.29) is 29.8 Å². The van der Waals surface area contributed by atoms with Crippen molar-refractivity contribution in [2.45, 2.75) is 32.5 Å². The highest BCUT2D eigenvalue weighted by molar-refractivity contribution is 5.98. The van der Waals surface area contributed by atoms with Gasteiger partial charge in [-0.2, -0.15) is 0 Å². The molecule has 3 unspecified atom stereocenters. The van der Waals surface area contributed by atoms with Gasteiger partial charge in [0, 0.05) is 38.8 Å². The van der Waals surface area contributed by atoms with E-state index in [1.807, 2.05) is 4.90 Å². The first kappa shape index (κ1) is 16.2. The van der Waals surface area contributed by atoms with Gasteiger partial charge in [-0.1, -0.05) is 0 Å². The first-order chi connectivity index (χ1) is 11.0. The number of carbonyl (C=O) groups is 3. The van der Waals surface area contributed by atoms with Crippen molar-refractivity contribution in [3.63, 3.8) is 0 Å². The molecule has 0 radical (unpaired) electrons. The second-order valence-electron chi connectivity index (χ2n) is 6.84. The molecule has 23 heavy (non-hydrogen) atoms. The topological polar surface area (TPSA) is 93.8 Å². The van der Waals surface area contributed by atoms with Crippen LogP contribution < -0.4 is 16.0 Å². The molecule has 0 aromatic carbocycles. The number of fused-ring (bicyclic) bond motifs is 1. The zero-order chi connectivity index (χ0) is 16.6. The van der Waals surface area contributed by atoms with Crippen LogP contribution in [0.3, 0.4) is 0 Å². The van der Waals surface area contributed by atoms with Gasteiger partial charge in [0.15, 0.2) is 0 Å². The number of nitrogens with zero attached hydrogens (tertiary/aromatic N) is 2. The van der Waals surface area contributed by atoms with Crippen LogP contribution in [0.5, 0.6) is 0 Å². The molecular weight excluding hydrogens is 298 g/mol. The summed E-state index contributed by atoms with van der Waals surface area (Å²) in [5.74, 6) is -0.771. The van der Waals surface area contributed by atoms with Gasteiger partial charge < -0.3 is 10.2 Å². The van der Waals surface area contributed by atoms with Gasteiger partial charge in [-0.05, 0) is 20.3 Å². The van der Waals surface area contributed by atoms with Crippen molar-refractivity contribution in [2.75, 3.05) is 32.7 Å². The first-order valence-corrected chi connectivity index (χ1v) is 8.33. The molecule has 3 N–H and O–H groups in total. The van der Waals surface area contributed by atoms with Gasteiger partial charge >= 0.3 is 6.03 Å². The smallest absolute Gasteiger partial charge is 0.322 e. The Bertz CT molecular complexity index is 501. The number of amides is 4. The predicted molar refractivity (Wildman–Crippen MR) is 83.4 cm³/mol. The number of urea groups is 1. The van der Waals surface area contributed by atoms with E-state index in [1.165, 1.54) is 0 Å². The summed E-state index contributed by atoms with van der Waals surface area (Å²) < 4.78 is 0. The quantitative estimate of drug-likeness (QED) is 0.602. The number of imide groups is 1. The second-order valence-corrected chi connectivity index (χ2v) is 6.84. The Balaban J connectivity index is 1.57. The fraction of sp³-hybridized carbons (Fsp3) is 0.800. The number of hydrogen-bond acceptors (Lipinski definition) is 5.